The summed E-state index contributed by atoms with van der Waals surface area (Å²) in [6.07, 6.45) is 5.04. The molecule has 0 atom stereocenters. The van der Waals surface area contributed by atoms with E-state index >= 15 is 0 Å². The second kappa shape index (κ2) is 5.11. The highest BCUT2D eigenvalue weighted by atomic mass is 16.5. The van der Waals surface area contributed by atoms with Gasteiger partial charge in [0.1, 0.15) is 0 Å². The molecule has 6 nitrogen and oxygen atoms in total. The summed E-state index contributed by atoms with van der Waals surface area (Å²) in [5.41, 5.74) is 0.887. The van der Waals surface area contributed by atoms with Crippen molar-refractivity contribution in [3.63, 3.8) is 0 Å². The number of likely N-dealkylation sites (N-methyl/N-ethyl adjacent to an activating group) is 1. The number of fused-ring (bicyclic) bond motifs is 1. The number of aromatic nitrogens is 2. The van der Waals surface area contributed by atoms with Crippen molar-refractivity contribution in [2.24, 2.45) is 0 Å². The van der Waals surface area contributed by atoms with Crippen LogP contribution >= 0.6 is 0 Å². The van der Waals surface area contributed by atoms with Crippen LogP contribution in [0.2, 0.25) is 0 Å². The molecule has 3 rings (SSSR count). The van der Waals surface area contributed by atoms with Crippen LogP contribution < -0.4 is 0 Å². The third kappa shape index (κ3) is 2.63. The van der Waals surface area contributed by atoms with Crippen molar-refractivity contribution in [1.29, 1.82) is 0 Å². The molecule has 1 fully saturated rings. The van der Waals surface area contributed by atoms with E-state index in [-0.39, 0.29) is 5.91 Å². The molecular formula is C15H19N3O3. The molecule has 2 aromatic heterocycles. The Morgan fingerprint density at radius 2 is 2.19 bits per heavy atom. The summed E-state index contributed by atoms with van der Waals surface area (Å²) in [5.74, 6) is -0.148. The van der Waals surface area contributed by atoms with Crippen LogP contribution in [0, 0.1) is 6.92 Å². The van der Waals surface area contributed by atoms with Crippen molar-refractivity contribution in [3.05, 3.63) is 23.5 Å². The maximum atomic E-state index is 12.5. The lowest BCUT2D eigenvalue weighted by Crippen LogP contribution is -2.42. The lowest BCUT2D eigenvalue weighted by Gasteiger charge is -2.28. The maximum absolute atomic E-state index is 12.5. The van der Waals surface area contributed by atoms with E-state index in [1.165, 1.54) is 6.20 Å². The first-order valence-corrected chi connectivity index (χ1v) is 7.18. The summed E-state index contributed by atoms with van der Waals surface area (Å²) in [6, 6.07) is 1.74. The lowest BCUT2D eigenvalue weighted by molar-refractivity contribution is 0.0156. The first-order valence-electron chi connectivity index (χ1n) is 7.18. The van der Waals surface area contributed by atoms with Gasteiger partial charge >= 0.3 is 0 Å². The molecule has 0 aromatic carbocycles. The Balaban J connectivity index is 1.80. The zero-order chi connectivity index (χ0) is 15.0. The van der Waals surface area contributed by atoms with Crippen LogP contribution in [0.25, 0.3) is 11.1 Å². The first-order chi connectivity index (χ1) is 9.98. The summed E-state index contributed by atoms with van der Waals surface area (Å²) in [7, 11) is 1.71. The van der Waals surface area contributed by atoms with Gasteiger partial charge < -0.3 is 14.5 Å². The minimum absolute atomic E-state index is 0.148. The average Bonchev–Trinajstić information content (AvgIpc) is 3.05. The zero-order valence-corrected chi connectivity index (χ0v) is 12.3. The number of aliphatic hydroxyl groups is 1. The van der Waals surface area contributed by atoms with Crippen molar-refractivity contribution in [2.75, 3.05) is 13.6 Å². The first kappa shape index (κ1) is 14.0. The highest BCUT2D eigenvalue weighted by Crippen LogP contribution is 2.30. The monoisotopic (exact) mass is 289 g/mol. The summed E-state index contributed by atoms with van der Waals surface area (Å²) in [6.45, 7) is 2.17. The van der Waals surface area contributed by atoms with Crippen molar-refractivity contribution in [2.45, 2.75) is 38.2 Å². The van der Waals surface area contributed by atoms with Crippen LogP contribution in [-0.4, -0.2) is 45.2 Å². The number of pyridine rings is 1. The second-order valence-corrected chi connectivity index (χ2v) is 5.94. The van der Waals surface area contributed by atoms with Gasteiger partial charge in [-0.2, -0.15) is 0 Å². The molecule has 0 saturated heterocycles. The molecule has 1 aliphatic rings. The number of hydrogen-bond donors (Lipinski definition) is 1. The van der Waals surface area contributed by atoms with Gasteiger partial charge in [0.05, 0.1) is 22.2 Å². The quantitative estimate of drug-likeness (QED) is 0.933. The molecule has 0 radical (unpaired) electrons. The van der Waals surface area contributed by atoms with Crippen LogP contribution in [0.5, 0.6) is 0 Å². The molecule has 0 unspecified atom stereocenters. The van der Waals surface area contributed by atoms with Crippen LogP contribution in [0.1, 0.15) is 41.7 Å². The van der Waals surface area contributed by atoms with E-state index in [4.69, 9.17) is 4.52 Å². The van der Waals surface area contributed by atoms with Gasteiger partial charge in [0.25, 0.3) is 11.6 Å². The molecule has 2 aromatic rings. The predicted octanol–water partition coefficient (Wildman–Crippen LogP) is 1.91. The van der Waals surface area contributed by atoms with E-state index < -0.39 is 5.60 Å². The van der Waals surface area contributed by atoms with E-state index in [1.807, 2.05) is 6.92 Å². The Hall–Kier alpha value is -1.95. The third-order valence-corrected chi connectivity index (χ3v) is 4.17. The summed E-state index contributed by atoms with van der Waals surface area (Å²) >= 11 is 0. The molecule has 0 aliphatic heterocycles. The third-order valence-electron chi connectivity index (χ3n) is 4.17. The van der Waals surface area contributed by atoms with Gasteiger partial charge in [0.15, 0.2) is 0 Å². The largest absolute Gasteiger partial charge is 0.388 e. The van der Waals surface area contributed by atoms with Crippen molar-refractivity contribution >= 4 is 17.0 Å². The number of nitrogens with zero attached hydrogens (tertiary/aromatic N) is 3. The molecular weight excluding hydrogens is 270 g/mol. The fourth-order valence-corrected chi connectivity index (χ4v) is 2.99. The normalized spacial score (nSPS) is 17.3. The van der Waals surface area contributed by atoms with Gasteiger partial charge in [0.2, 0.25) is 0 Å². The highest BCUT2D eigenvalue weighted by Gasteiger charge is 2.33. The van der Waals surface area contributed by atoms with E-state index in [2.05, 4.69) is 10.1 Å². The average molecular weight is 289 g/mol. The van der Waals surface area contributed by atoms with E-state index in [0.717, 1.165) is 31.1 Å². The van der Waals surface area contributed by atoms with Crippen molar-refractivity contribution in [3.8, 4) is 0 Å². The van der Waals surface area contributed by atoms with Gasteiger partial charge in [-0.25, -0.2) is 4.98 Å². The number of carbonyl (C=O) groups is 1. The SMILES string of the molecule is Cc1noc2ncc(C(=O)N(C)CC3(O)CCCC3)cc12. The molecule has 1 aliphatic carbocycles. The van der Waals surface area contributed by atoms with Crippen LogP contribution in [0.4, 0.5) is 0 Å². The summed E-state index contributed by atoms with van der Waals surface area (Å²) in [5, 5.41) is 15.0. The van der Waals surface area contributed by atoms with Crippen molar-refractivity contribution in [1.82, 2.24) is 15.0 Å². The molecule has 1 saturated carbocycles. The molecule has 21 heavy (non-hydrogen) atoms. The molecule has 0 bridgehead atoms. The number of rotatable bonds is 3. The fourth-order valence-electron chi connectivity index (χ4n) is 2.99. The number of hydrogen-bond acceptors (Lipinski definition) is 5. The van der Waals surface area contributed by atoms with E-state index in [0.29, 0.717) is 23.5 Å². The van der Waals surface area contributed by atoms with Gasteiger partial charge in [-0.15, -0.1) is 0 Å². The van der Waals surface area contributed by atoms with Crippen LogP contribution in [-0.2, 0) is 0 Å². The van der Waals surface area contributed by atoms with Gasteiger partial charge in [0, 0.05) is 19.8 Å². The summed E-state index contributed by atoms with van der Waals surface area (Å²) < 4.78 is 5.04. The van der Waals surface area contributed by atoms with Crippen LogP contribution in [0.3, 0.4) is 0 Å². The molecule has 112 valence electrons. The van der Waals surface area contributed by atoms with E-state index in [9.17, 15) is 9.90 Å². The molecule has 6 heteroatoms. The molecule has 1 N–H and O–H groups in total. The minimum Gasteiger partial charge on any atom is -0.388 e. The lowest BCUT2D eigenvalue weighted by atomic mass is 10.0. The summed E-state index contributed by atoms with van der Waals surface area (Å²) in [4.78, 5) is 18.2. The number of aryl methyl sites for hydroxylation is 1. The van der Waals surface area contributed by atoms with Gasteiger partial charge in [-0.1, -0.05) is 18.0 Å². The Kier molecular flexibility index (Phi) is 3.41. The standard InChI is InChI=1S/C15H19N3O3/c1-10-12-7-11(8-16-13(12)21-17-10)14(19)18(2)9-15(20)5-3-4-6-15/h7-8,20H,3-6,9H2,1-2H3. The Labute approximate surface area is 122 Å². The maximum Gasteiger partial charge on any atom is 0.257 e. The fraction of sp³-hybridized carbons (Fsp3) is 0.533. The minimum atomic E-state index is -0.741. The van der Waals surface area contributed by atoms with E-state index in [1.54, 1.807) is 18.0 Å². The van der Waals surface area contributed by atoms with Crippen molar-refractivity contribution < 1.29 is 14.4 Å². The predicted molar refractivity (Wildman–Crippen MR) is 76.9 cm³/mol. The molecule has 0 spiro atoms. The molecule has 2 heterocycles. The Bertz CT molecular complexity index is 674. The van der Waals surface area contributed by atoms with Gasteiger partial charge in [-0.3, -0.25) is 4.79 Å². The van der Waals surface area contributed by atoms with Crippen LogP contribution in [0.15, 0.2) is 16.8 Å². The Morgan fingerprint density at radius 1 is 1.48 bits per heavy atom. The topological polar surface area (TPSA) is 79.5 Å². The Morgan fingerprint density at radius 3 is 2.90 bits per heavy atom. The second-order valence-electron chi connectivity index (χ2n) is 5.94. The number of amides is 1. The van der Waals surface area contributed by atoms with Gasteiger partial charge in [-0.05, 0) is 25.8 Å². The smallest absolute Gasteiger partial charge is 0.257 e. The highest BCUT2D eigenvalue weighted by molar-refractivity contribution is 5.96. The zero-order valence-electron chi connectivity index (χ0n) is 12.3. The molecule has 1 amide bonds. The number of carbonyl (C=O) groups excluding carboxylic acids is 1.